The molecule has 0 saturated carbocycles. The van der Waals surface area contributed by atoms with Crippen LogP contribution in [0.1, 0.15) is 5.56 Å². The van der Waals surface area contributed by atoms with Crippen LogP contribution in [0, 0.1) is 6.92 Å². The van der Waals surface area contributed by atoms with Gasteiger partial charge in [0.1, 0.15) is 5.75 Å². The monoisotopic (exact) mass is 297 g/mol. The van der Waals surface area contributed by atoms with E-state index in [0.29, 0.717) is 22.8 Å². The molecule has 2 aromatic carbocycles. The van der Waals surface area contributed by atoms with Gasteiger partial charge in [-0.1, -0.05) is 17.7 Å². The number of fused-ring (bicyclic) bond motifs is 1. The van der Waals surface area contributed by atoms with Crippen molar-refractivity contribution in [1.82, 2.24) is 0 Å². The lowest BCUT2D eigenvalue weighted by atomic mass is 10.2. The minimum absolute atomic E-state index is 0.00762. The molecular weight excluding hydrogens is 282 g/mol. The number of aryl methyl sites for hydroxylation is 1. The lowest BCUT2D eigenvalue weighted by Crippen LogP contribution is -2.25. The average Bonchev–Trinajstić information content (AvgIpc) is 2.49. The molecule has 112 valence electrons. The smallest absolute Gasteiger partial charge is 0.323 e. The Kier molecular flexibility index (Phi) is 3.65. The fraction of sp³-hybridized carbons (Fsp3) is 0.125. The van der Waals surface area contributed by atoms with Crippen LogP contribution in [0.15, 0.2) is 42.5 Å². The number of carbonyl (C=O) groups excluding carboxylic acids is 2. The van der Waals surface area contributed by atoms with E-state index in [2.05, 4.69) is 16.0 Å². The summed E-state index contributed by atoms with van der Waals surface area (Å²) in [5.41, 5.74) is 2.94. The first kappa shape index (κ1) is 13.9. The summed E-state index contributed by atoms with van der Waals surface area (Å²) in [6.45, 7) is 1.99. The maximum absolute atomic E-state index is 12.0. The molecule has 3 N–H and O–H groups in total. The van der Waals surface area contributed by atoms with Crippen LogP contribution in [0.5, 0.6) is 5.75 Å². The number of hydrogen-bond donors (Lipinski definition) is 3. The quantitative estimate of drug-likeness (QED) is 0.797. The minimum Gasteiger partial charge on any atom is -0.482 e. The third kappa shape index (κ3) is 3.17. The highest BCUT2D eigenvalue weighted by Gasteiger charge is 2.16. The molecule has 0 bridgehead atoms. The summed E-state index contributed by atoms with van der Waals surface area (Å²) in [6.07, 6.45) is 0. The standard InChI is InChI=1S/C16H15N3O3/c1-10-2-4-11(5-3-10)17-16(21)18-12-6-7-14-13(8-12)19-15(20)9-22-14/h2-8H,9H2,1H3,(H,19,20)(H2,17,18,21). The van der Waals surface area contributed by atoms with Gasteiger partial charge in [-0.3, -0.25) is 4.79 Å². The molecule has 6 heteroatoms. The van der Waals surface area contributed by atoms with Gasteiger partial charge in [-0.05, 0) is 37.3 Å². The van der Waals surface area contributed by atoms with Crippen LogP contribution >= 0.6 is 0 Å². The summed E-state index contributed by atoms with van der Waals surface area (Å²) in [5.74, 6) is 0.373. The highest BCUT2D eigenvalue weighted by Crippen LogP contribution is 2.30. The van der Waals surface area contributed by atoms with Gasteiger partial charge >= 0.3 is 6.03 Å². The molecule has 3 amide bonds. The lowest BCUT2D eigenvalue weighted by molar-refractivity contribution is -0.118. The van der Waals surface area contributed by atoms with Crippen molar-refractivity contribution in [3.05, 3.63) is 48.0 Å². The molecule has 2 aromatic rings. The molecule has 6 nitrogen and oxygen atoms in total. The number of carbonyl (C=O) groups is 2. The number of anilines is 3. The van der Waals surface area contributed by atoms with Crippen LogP contribution < -0.4 is 20.7 Å². The van der Waals surface area contributed by atoms with Crippen molar-refractivity contribution in [1.29, 1.82) is 0 Å². The van der Waals surface area contributed by atoms with Gasteiger partial charge in [0, 0.05) is 11.4 Å². The molecule has 22 heavy (non-hydrogen) atoms. The van der Waals surface area contributed by atoms with E-state index in [9.17, 15) is 9.59 Å². The van der Waals surface area contributed by atoms with Gasteiger partial charge in [0.25, 0.3) is 5.91 Å². The zero-order valence-corrected chi connectivity index (χ0v) is 12.0. The molecule has 1 aliphatic rings. The van der Waals surface area contributed by atoms with Crippen LogP contribution in [0.25, 0.3) is 0 Å². The lowest BCUT2D eigenvalue weighted by Gasteiger charge is -2.18. The topological polar surface area (TPSA) is 79.5 Å². The molecule has 0 radical (unpaired) electrons. The Morgan fingerprint density at radius 2 is 1.77 bits per heavy atom. The molecule has 0 saturated heterocycles. The second kappa shape index (κ2) is 5.77. The summed E-state index contributed by atoms with van der Waals surface area (Å²) in [7, 11) is 0. The number of amides is 3. The van der Waals surface area contributed by atoms with E-state index in [0.717, 1.165) is 5.56 Å². The number of ether oxygens (including phenoxy) is 1. The summed E-state index contributed by atoms with van der Waals surface area (Å²) in [4.78, 5) is 23.3. The molecule has 0 atom stereocenters. The Balaban J connectivity index is 1.67. The van der Waals surface area contributed by atoms with Crippen LogP contribution in [-0.4, -0.2) is 18.5 Å². The minimum atomic E-state index is -0.355. The Morgan fingerprint density at radius 1 is 1.09 bits per heavy atom. The van der Waals surface area contributed by atoms with E-state index in [-0.39, 0.29) is 18.5 Å². The van der Waals surface area contributed by atoms with Crippen molar-refractivity contribution >= 4 is 29.0 Å². The number of hydrogen-bond acceptors (Lipinski definition) is 3. The summed E-state index contributed by atoms with van der Waals surface area (Å²) in [6, 6.07) is 12.2. The fourth-order valence-corrected chi connectivity index (χ4v) is 2.09. The third-order valence-corrected chi connectivity index (χ3v) is 3.18. The van der Waals surface area contributed by atoms with Gasteiger partial charge < -0.3 is 20.7 Å². The van der Waals surface area contributed by atoms with Crippen molar-refractivity contribution in [2.24, 2.45) is 0 Å². The Hall–Kier alpha value is -3.02. The van der Waals surface area contributed by atoms with Crippen LogP contribution in [0.4, 0.5) is 21.9 Å². The zero-order chi connectivity index (χ0) is 15.5. The predicted octanol–water partition coefficient (Wildman–Crippen LogP) is 2.97. The Labute approximate surface area is 127 Å². The van der Waals surface area contributed by atoms with Gasteiger partial charge in [-0.15, -0.1) is 0 Å². The zero-order valence-electron chi connectivity index (χ0n) is 12.0. The van der Waals surface area contributed by atoms with Crippen LogP contribution in [0.2, 0.25) is 0 Å². The van der Waals surface area contributed by atoms with E-state index in [1.54, 1.807) is 18.2 Å². The van der Waals surface area contributed by atoms with Crippen LogP contribution in [0.3, 0.4) is 0 Å². The third-order valence-electron chi connectivity index (χ3n) is 3.18. The maximum atomic E-state index is 12.0. The number of benzene rings is 2. The number of rotatable bonds is 2. The van der Waals surface area contributed by atoms with Crippen LogP contribution in [-0.2, 0) is 4.79 Å². The highest BCUT2D eigenvalue weighted by atomic mass is 16.5. The molecule has 3 rings (SSSR count). The number of urea groups is 1. The highest BCUT2D eigenvalue weighted by molar-refractivity contribution is 6.01. The van der Waals surface area contributed by atoms with Crippen molar-refractivity contribution in [2.75, 3.05) is 22.6 Å². The predicted molar refractivity (Wildman–Crippen MR) is 84.4 cm³/mol. The van der Waals surface area contributed by atoms with Gasteiger partial charge in [0.15, 0.2) is 6.61 Å². The molecule has 0 fully saturated rings. The average molecular weight is 297 g/mol. The van der Waals surface area contributed by atoms with Gasteiger partial charge in [-0.2, -0.15) is 0 Å². The first-order valence-corrected chi connectivity index (χ1v) is 6.81. The van der Waals surface area contributed by atoms with Crippen molar-refractivity contribution < 1.29 is 14.3 Å². The first-order chi connectivity index (χ1) is 10.6. The summed E-state index contributed by atoms with van der Waals surface area (Å²) in [5, 5.41) is 8.14. The van der Waals surface area contributed by atoms with Crippen molar-refractivity contribution in [2.45, 2.75) is 6.92 Å². The van der Waals surface area contributed by atoms with E-state index >= 15 is 0 Å². The Morgan fingerprint density at radius 3 is 2.55 bits per heavy atom. The van der Waals surface area contributed by atoms with Gasteiger partial charge in [0.05, 0.1) is 5.69 Å². The Bertz CT molecular complexity index is 726. The van der Waals surface area contributed by atoms with Gasteiger partial charge in [-0.25, -0.2) is 4.79 Å². The number of nitrogens with one attached hydrogen (secondary N) is 3. The van der Waals surface area contributed by atoms with E-state index in [4.69, 9.17) is 4.74 Å². The van der Waals surface area contributed by atoms with Crippen molar-refractivity contribution in [3.63, 3.8) is 0 Å². The fourth-order valence-electron chi connectivity index (χ4n) is 2.09. The summed E-state index contributed by atoms with van der Waals surface area (Å²) >= 11 is 0. The van der Waals surface area contributed by atoms with Crippen molar-refractivity contribution in [3.8, 4) is 5.75 Å². The first-order valence-electron chi connectivity index (χ1n) is 6.81. The summed E-state index contributed by atoms with van der Waals surface area (Å²) < 4.78 is 5.26. The molecule has 0 unspecified atom stereocenters. The van der Waals surface area contributed by atoms with Gasteiger partial charge in [0.2, 0.25) is 0 Å². The molecule has 0 aromatic heterocycles. The SMILES string of the molecule is Cc1ccc(NC(=O)Nc2ccc3c(c2)NC(=O)CO3)cc1. The molecule has 0 spiro atoms. The van der Waals surface area contributed by atoms with E-state index < -0.39 is 0 Å². The molecular formula is C16H15N3O3. The maximum Gasteiger partial charge on any atom is 0.323 e. The molecule has 1 heterocycles. The van der Waals surface area contributed by atoms with E-state index in [1.165, 1.54) is 0 Å². The molecule has 0 aliphatic carbocycles. The normalized spacial score (nSPS) is 12.7. The second-order valence-electron chi connectivity index (χ2n) is 4.99. The largest absolute Gasteiger partial charge is 0.482 e. The molecule has 1 aliphatic heterocycles. The van der Waals surface area contributed by atoms with E-state index in [1.807, 2.05) is 31.2 Å². The second-order valence-corrected chi connectivity index (χ2v) is 4.99.